The van der Waals surface area contributed by atoms with Crippen molar-refractivity contribution in [2.24, 2.45) is 11.8 Å². The van der Waals surface area contributed by atoms with Crippen molar-refractivity contribution in [2.45, 2.75) is 76.1 Å². The number of hydrogen-bond acceptors (Lipinski definition) is 5. The van der Waals surface area contributed by atoms with E-state index in [9.17, 15) is 4.79 Å². The predicted molar refractivity (Wildman–Crippen MR) is 154 cm³/mol. The van der Waals surface area contributed by atoms with E-state index in [2.05, 4.69) is 71.9 Å². The van der Waals surface area contributed by atoms with Gasteiger partial charge < -0.3 is 14.2 Å². The van der Waals surface area contributed by atoms with Gasteiger partial charge >= 0.3 is 5.97 Å². The average Bonchev–Trinajstić information content (AvgIpc) is 2.90. The maximum Gasteiger partial charge on any atom is 0.338 e. The monoisotopic (exact) mass is 532 g/mol. The Morgan fingerprint density at radius 1 is 0.921 bits per heavy atom. The van der Waals surface area contributed by atoms with Gasteiger partial charge in [0.25, 0.3) is 0 Å². The molecular weight excluding hydrogens is 492 g/mol. The second-order valence-electron chi connectivity index (χ2n) is 11.3. The van der Waals surface area contributed by atoms with Crippen LogP contribution in [0.5, 0.6) is 0 Å². The van der Waals surface area contributed by atoms with Crippen LogP contribution in [0.4, 0.5) is 0 Å². The third-order valence-corrected chi connectivity index (χ3v) is 8.76. The molecule has 0 aromatic heterocycles. The topological polar surface area (TPSA) is 44.8 Å². The Morgan fingerprint density at radius 2 is 1.58 bits per heavy atom. The van der Waals surface area contributed by atoms with Gasteiger partial charge in [-0.1, -0.05) is 107 Å². The summed E-state index contributed by atoms with van der Waals surface area (Å²) in [6.45, 7) is 14.1. The van der Waals surface area contributed by atoms with Crippen LogP contribution in [0.2, 0.25) is 0 Å². The fraction of sp³-hybridized carbons (Fsp3) is 0.424. The van der Waals surface area contributed by atoms with E-state index < -0.39 is 6.10 Å². The van der Waals surface area contributed by atoms with Crippen molar-refractivity contribution in [1.82, 2.24) is 0 Å². The van der Waals surface area contributed by atoms with Crippen LogP contribution in [0, 0.1) is 18.8 Å². The van der Waals surface area contributed by atoms with Gasteiger partial charge in [0.05, 0.1) is 24.9 Å². The SMILES string of the molecule is Cc1ccc(C(C)(C)C)cc1S[C@@H]1OC(COCc2ccccc2)[C@@H](C)[C@H](C)C1OC(=O)c1ccccc1. The van der Waals surface area contributed by atoms with Crippen molar-refractivity contribution >= 4 is 17.7 Å². The van der Waals surface area contributed by atoms with Gasteiger partial charge in [0.1, 0.15) is 11.5 Å². The van der Waals surface area contributed by atoms with E-state index >= 15 is 0 Å². The summed E-state index contributed by atoms with van der Waals surface area (Å²) in [5.74, 6) is -0.0775. The zero-order valence-corrected chi connectivity index (χ0v) is 24.2. The maximum atomic E-state index is 13.1. The van der Waals surface area contributed by atoms with E-state index in [1.807, 2.05) is 36.4 Å². The Labute approximate surface area is 232 Å². The fourth-order valence-corrected chi connectivity index (χ4v) is 5.99. The summed E-state index contributed by atoms with van der Waals surface area (Å²) >= 11 is 1.65. The molecule has 0 aliphatic carbocycles. The summed E-state index contributed by atoms with van der Waals surface area (Å²) in [4.78, 5) is 14.3. The first-order valence-corrected chi connectivity index (χ1v) is 14.3. The molecule has 1 fully saturated rings. The Balaban J connectivity index is 1.56. The third kappa shape index (κ3) is 7.07. The Kier molecular flexibility index (Phi) is 9.35. The van der Waals surface area contributed by atoms with Gasteiger partial charge in [-0.15, -0.1) is 0 Å². The molecule has 5 atom stereocenters. The highest BCUT2D eigenvalue weighted by Gasteiger charge is 2.44. The summed E-state index contributed by atoms with van der Waals surface area (Å²) in [6.07, 6.45) is -0.505. The first-order valence-electron chi connectivity index (χ1n) is 13.4. The van der Waals surface area contributed by atoms with Crippen LogP contribution in [0.25, 0.3) is 0 Å². The minimum Gasteiger partial charge on any atom is -0.455 e. The van der Waals surface area contributed by atoms with Gasteiger partial charge in [-0.2, -0.15) is 0 Å². The summed E-state index contributed by atoms with van der Waals surface area (Å²) in [5.41, 5.74) is 3.82. The van der Waals surface area contributed by atoms with Crippen LogP contribution in [-0.4, -0.2) is 30.2 Å². The summed E-state index contributed by atoms with van der Waals surface area (Å²) in [6, 6.07) is 26.0. The smallest absolute Gasteiger partial charge is 0.338 e. The van der Waals surface area contributed by atoms with Gasteiger partial charge in [-0.3, -0.25) is 0 Å². The van der Waals surface area contributed by atoms with Crippen LogP contribution in [0.3, 0.4) is 0 Å². The quantitative estimate of drug-likeness (QED) is 0.277. The number of aryl methyl sites for hydroxylation is 1. The summed E-state index contributed by atoms with van der Waals surface area (Å²) < 4.78 is 19.0. The molecule has 0 N–H and O–H groups in total. The first-order chi connectivity index (χ1) is 18.1. The number of hydrogen-bond donors (Lipinski definition) is 0. The molecule has 4 rings (SSSR count). The standard InChI is InChI=1S/C33H40O4S/c1-22-17-18-27(33(4,5)6)19-29(22)38-32-30(37-31(34)26-15-11-8-12-16-26)24(3)23(2)28(36-32)21-35-20-25-13-9-7-10-14-25/h7-19,23-24,28,30,32H,20-21H2,1-6H3/t23-,24-,28?,30?,32-/m0/s1. The molecule has 5 heteroatoms. The van der Waals surface area contributed by atoms with Gasteiger partial charge in [-0.25, -0.2) is 4.79 Å². The van der Waals surface area contributed by atoms with Crippen LogP contribution in [0.1, 0.15) is 61.7 Å². The molecule has 202 valence electrons. The van der Waals surface area contributed by atoms with Gasteiger partial charge in [-0.05, 0) is 53.1 Å². The van der Waals surface area contributed by atoms with Crippen LogP contribution >= 0.6 is 11.8 Å². The zero-order chi connectivity index (χ0) is 27.3. The second-order valence-corrected chi connectivity index (χ2v) is 12.5. The largest absolute Gasteiger partial charge is 0.455 e. The molecule has 0 saturated carbocycles. The minimum absolute atomic E-state index is 0.0330. The molecule has 3 aromatic carbocycles. The van der Waals surface area contributed by atoms with Gasteiger partial charge in [0.2, 0.25) is 0 Å². The summed E-state index contributed by atoms with van der Waals surface area (Å²) in [5, 5.41) is 0. The third-order valence-electron chi connectivity index (χ3n) is 7.45. The van der Waals surface area contributed by atoms with E-state index in [0.717, 1.165) is 10.5 Å². The van der Waals surface area contributed by atoms with Crippen LogP contribution in [-0.2, 0) is 26.2 Å². The molecule has 0 amide bonds. The van der Waals surface area contributed by atoms with Crippen molar-refractivity contribution in [3.05, 3.63) is 101 Å². The molecule has 0 bridgehead atoms. The molecule has 2 unspecified atom stereocenters. The number of carbonyl (C=O) groups excluding carboxylic acids is 1. The van der Waals surface area contributed by atoms with E-state index in [1.165, 1.54) is 11.1 Å². The van der Waals surface area contributed by atoms with E-state index in [0.29, 0.717) is 18.8 Å². The zero-order valence-electron chi connectivity index (χ0n) is 23.3. The molecule has 0 spiro atoms. The second kappa shape index (κ2) is 12.5. The highest BCUT2D eigenvalue weighted by Crippen LogP contribution is 2.42. The lowest BCUT2D eigenvalue weighted by Gasteiger charge is -2.44. The lowest BCUT2D eigenvalue weighted by atomic mass is 9.84. The normalized spacial score (nSPS) is 23.7. The lowest BCUT2D eigenvalue weighted by molar-refractivity contribution is -0.156. The molecule has 1 aliphatic rings. The van der Waals surface area contributed by atoms with E-state index in [-0.39, 0.29) is 34.8 Å². The van der Waals surface area contributed by atoms with E-state index in [1.54, 1.807) is 23.9 Å². The summed E-state index contributed by atoms with van der Waals surface area (Å²) in [7, 11) is 0. The fourth-order valence-electron chi connectivity index (χ4n) is 4.66. The molecule has 1 aliphatic heterocycles. The molecule has 4 nitrogen and oxygen atoms in total. The van der Waals surface area contributed by atoms with Gasteiger partial charge in [0, 0.05) is 10.8 Å². The number of rotatable bonds is 8. The lowest BCUT2D eigenvalue weighted by Crippen LogP contribution is -2.51. The molecular formula is C33H40O4S. The number of carbonyl (C=O) groups is 1. The maximum absolute atomic E-state index is 13.1. The number of esters is 1. The van der Waals surface area contributed by atoms with Gasteiger partial charge in [0.15, 0.2) is 0 Å². The number of thioether (sulfide) groups is 1. The molecule has 1 saturated heterocycles. The van der Waals surface area contributed by atoms with Crippen molar-refractivity contribution in [2.75, 3.05) is 6.61 Å². The van der Waals surface area contributed by atoms with Crippen molar-refractivity contribution in [1.29, 1.82) is 0 Å². The minimum atomic E-state index is -0.397. The van der Waals surface area contributed by atoms with E-state index in [4.69, 9.17) is 14.2 Å². The molecule has 3 aromatic rings. The molecule has 38 heavy (non-hydrogen) atoms. The Hall–Kier alpha value is -2.60. The average molecular weight is 533 g/mol. The highest BCUT2D eigenvalue weighted by atomic mass is 32.2. The van der Waals surface area contributed by atoms with Crippen molar-refractivity contribution in [3.63, 3.8) is 0 Å². The first kappa shape index (κ1) is 28.4. The predicted octanol–water partition coefficient (Wildman–Crippen LogP) is 7.82. The van der Waals surface area contributed by atoms with Crippen molar-refractivity contribution < 1.29 is 19.0 Å². The number of benzene rings is 3. The van der Waals surface area contributed by atoms with Crippen LogP contribution < -0.4 is 0 Å². The van der Waals surface area contributed by atoms with Crippen molar-refractivity contribution in [3.8, 4) is 0 Å². The Bertz CT molecular complexity index is 1190. The Morgan fingerprint density at radius 3 is 2.24 bits per heavy atom. The molecule has 1 heterocycles. The molecule has 0 radical (unpaired) electrons. The number of ether oxygens (including phenoxy) is 3. The highest BCUT2D eigenvalue weighted by molar-refractivity contribution is 7.99. The van der Waals surface area contributed by atoms with Crippen LogP contribution in [0.15, 0.2) is 83.8 Å².